The lowest BCUT2D eigenvalue weighted by Crippen LogP contribution is -2.51. The van der Waals surface area contributed by atoms with Gasteiger partial charge in [0.2, 0.25) is 24.1 Å². The fourth-order valence-corrected chi connectivity index (χ4v) is 6.08. The number of hydrogen-bond donors (Lipinski definition) is 2. The van der Waals surface area contributed by atoms with Crippen molar-refractivity contribution in [3.8, 4) is 17.2 Å². The fourth-order valence-electron chi connectivity index (χ4n) is 6.08. The highest BCUT2D eigenvalue weighted by Gasteiger charge is 2.27. The molecule has 1 atom stereocenters. The van der Waals surface area contributed by atoms with Crippen LogP contribution in [0.3, 0.4) is 0 Å². The summed E-state index contributed by atoms with van der Waals surface area (Å²) in [5.41, 5.74) is 4.81. The molecule has 0 aliphatic carbocycles. The average Bonchev–Trinajstić information content (AvgIpc) is 3.32. The Kier molecular flexibility index (Phi) is 21.3. The number of nitrogens with zero attached hydrogens (tertiary/aromatic N) is 4. The molecule has 14 heteroatoms. The molecule has 0 aliphatic heterocycles. The highest BCUT2D eigenvalue weighted by atomic mass is 16.5. The number of methoxy groups -OCH3 is 3. The van der Waals surface area contributed by atoms with Crippen LogP contribution in [0, 0.1) is 0 Å². The molecular formula is C49H60N6O8. The maximum absolute atomic E-state index is 13.7. The van der Waals surface area contributed by atoms with Gasteiger partial charge in [-0.2, -0.15) is 0 Å². The largest absolute Gasteiger partial charge is 0.497 e. The van der Waals surface area contributed by atoms with Gasteiger partial charge < -0.3 is 49.2 Å². The molecule has 0 saturated carbocycles. The quantitative estimate of drug-likeness (QED) is 0.0974. The minimum absolute atomic E-state index is 0.114. The van der Waals surface area contributed by atoms with Crippen molar-refractivity contribution in [2.45, 2.75) is 25.8 Å². The number of amides is 4. The summed E-state index contributed by atoms with van der Waals surface area (Å²) in [6.07, 6.45) is 2.43. The van der Waals surface area contributed by atoms with Gasteiger partial charge in [-0.05, 0) is 78.2 Å². The van der Waals surface area contributed by atoms with Gasteiger partial charge in [-0.3, -0.25) is 19.2 Å². The number of aryl methyl sites for hydroxylation is 1. The summed E-state index contributed by atoms with van der Waals surface area (Å²) in [7, 11) is 12.0. The lowest BCUT2D eigenvalue weighted by molar-refractivity contribution is -0.127. The Morgan fingerprint density at radius 2 is 1.14 bits per heavy atom. The van der Waals surface area contributed by atoms with Gasteiger partial charge in [0.05, 0.1) is 45.8 Å². The van der Waals surface area contributed by atoms with Crippen LogP contribution in [-0.2, 0) is 36.8 Å². The van der Waals surface area contributed by atoms with Crippen LogP contribution in [-0.4, -0.2) is 106 Å². The molecular weight excluding hydrogens is 801 g/mol. The number of rotatable bonds is 19. The summed E-state index contributed by atoms with van der Waals surface area (Å²) in [5, 5.41) is 5.27. The smallest absolute Gasteiger partial charge is 0.249 e. The van der Waals surface area contributed by atoms with Crippen LogP contribution in [0.15, 0.2) is 127 Å². The number of aldehydes is 1. The first kappa shape index (κ1) is 50.0. The number of carbonyl (C=O) groups excluding carboxylic acids is 5. The van der Waals surface area contributed by atoms with Gasteiger partial charge in [0.15, 0.2) is 0 Å². The number of nitrogens with one attached hydrogen (secondary N) is 2. The number of ether oxygens (including phenoxy) is 3. The second-order valence-electron chi connectivity index (χ2n) is 14.3. The fraction of sp³-hybridized carbons (Fsp3) is 0.286. The second kappa shape index (κ2) is 26.8. The normalized spacial score (nSPS) is 10.5. The van der Waals surface area contributed by atoms with E-state index < -0.39 is 24.4 Å². The third kappa shape index (κ3) is 16.6. The molecule has 5 aromatic rings. The molecule has 0 aromatic heterocycles. The van der Waals surface area contributed by atoms with Crippen molar-refractivity contribution in [2.24, 2.45) is 0 Å². The summed E-state index contributed by atoms with van der Waals surface area (Å²) in [6, 6.07) is 38.6. The molecule has 0 saturated heterocycles. The van der Waals surface area contributed by atoms with E-state index in [2.05, 4.69) is 46.7 Å². The molecule has 63 heavy (non-hydrogen) atoms. The van der Waals surface area contributed by atoms with Crippen molar-refractivity contribution in [1.29, 1.82) is 0 Å². The molecule has 5 rings (SSSR count). The van der Waals surface area contributed by atoms with Crippen molar-refractivity contribution < 1.29 is 38.2 Å². The second-order valence-corrected chi connectivity index (χ2v) is 14.3. The predicted octanol–water partition coefficient (Wildman–Crippen LogP) is 5.82. The Morgan fingerprint density at radius 3 is 1.62 bits per heavy atom. The number of likely N-dealkylation sites (N-methyl/N-ethyl adjacent to an activating group) is 2. The van der Waals surface area contributed by atoms with E-state index in [1.807, 2.05) is 74.8 Å². The Labute approximate surface area is 371 Å². The van der Waals surface area contributed by atoms with E-state index in [0.29, 0.717) is 41.3 Å². The topological polar surface area (TPSA) is 150 Å². The Bertz CT molecular complexity index is 2150. The summed E-state index contributed by atoms with van der Waals surface area (Å²) in [6.45, 7) is 1.51. The average molecular weight is 861 g/mol. The molecule has 5 aromatic carbocycles. The van der Waals surface area contributed by atoms with E-state index in [1.54, 1.807) is 75.7 Å². The van der Waals surface area contributed by atoms with Gasteiger partial charge >= 0.3 is 0 Å². The molecule has 1 unspecified atom stereocenters. The molecule has 0 aliphatic rings. The van der Waals surface area contributed by atoms with Crippen LogP contribution >= 0.6 is 0 Å². The highest BCUT2D eigenvalue weighted by Crippen LogP contribution is 2.32. The minimum atomic E-state index is -0.945. The number of hydrogen-bond acceptors (Lipinski definition) is 10. The van der Waals surface area contributed by atoms with Gasteiger partial charge in [-0.1, -0.05) is 67.6 Å². The first-order chi connectivity index (χ1) is 30.4. The van der Waals surface area contributed by atoms with Gasteiger partial charge in [0.1, 0.15) is 36.1 Å². The lowest BCUT2D eigenvalue weighted by atomic mass is 10.0. The third-order valence-corrected chi connectivity index (χ3v) is 9.65. The van der Waals surface area contributed by atoms with Gasteiger partial charge in [0, 0.05) is 52.1 Å². The zero-order valence-corrected chi connectivity index (χ0v) is 37.4. The SMILES string of the molecule is CCc1ccccc1.COc1ccc(N(C)C(=O)C(Cc2ccccc2)NC(=O)CN(C=O)c2cc(OC)ccc2N(C)CC(=O)NCC=O)cc1.COc1ccc(N(C)C)cc1. The van der Waals surface area contributed by atoms with Crippen molar-refractivity contribution in [2.75, 3.05) is 88.8 Å². The van der Waals surface area contributed by atoms with Crippen LogP contribution in [0.5, 0.6) is 17.2 Å². The number of anilines is 4. The molecule has 0 fully saturated rings. The maximum atomic E-state index is 13.7. The molecule has 0 radical (unpaired) electrons. The molecule has 2 N–H and O–H groups in total. The molecule has 0 bridgehead atoms. The predicted molar refractivity (Wildman–Crippen MR) is 250 cm³/mol. The van der Waals surface area contributed by atoms with Crippen LogP contribution in [0.4, 0.5) is 22.7 Å². The van der Waals surface area contributed by atoms with E-state index in [9.17, 15) is 24.0 Å². The summed E-state index contributed by atoms with van der Waals surface area (Å²) in [5.74, 6) is 0.633. The number of benzene rings is 5. The van der Waals surface area contributed by atoms with Gasteiger partial charge in [0.25, 0.3) is 0 Å². The Balaban J connectivity index is 0.000000451. The number of carbonyl (C=O) groups is 5. The van der Waals surface area contributed by atoms with Crippen LogP contribution in [0.2, 0.25) is 0 Å². The monoisotopic (exact) mass is 860 g/mol. The minimum Gasteiger partial charge on any atom is -0.497 e. The molecule has 0 spiro atoms. The first-order valence-electron chi connectivity index (χ1n) is 20.3. The van der Waals surface area contributed by atoms with E-state index >= 15 is 0 Å². The van der Waals surface area contributed by atoms with E-state index in [-0.39, 0.29) is 25.4 Å². The van der Waals surface area contributed by atoms with Gasteiger partial charge in [-0.15, -0.1) is 0 Å². The molecule has 4 amide bonds. The van der Waals surface area contributed by atoms with Crippen molar-refractivity contribution >= 4 is 53.2 Å². The maximum Gasteiger partial charge on any atom is 0.249 e. The van der Waals surface area contributed by atoms with Crippen molar-refractivity contribution in [3.63, 3.8) is 0 Å². The van der Waals surface area contributed by atoms with E-state index in [1.165, 1.54) is 28.2 Å². The van der Waals surface area contributed by atoms with Crippen LogP contribution < -0.4 is 44.4 Å². The zero-order valence-electron chi connectivity index (χ0n) is 37.4. The first-order valence-corrected chi connectivity index (χ1v) is 20.3. The lowest BCUT2D eigenvalue weighted by Gasteiger charge is -2.28. The Hall–Kier alpha value is -7.35. The molecule has 334 valence electrons. The standard InChI is InChI=1S/C32H37N5O7.C9H13NO.C8H10/c1-35(20-30(40)33-16-17-38)28-15-14-26(44-4)19-29(28)37(22-39)21-31(41)34-27(18-23-8-6-5-7-9-23)32(42)36(2)24-10-12-25(43-3)13-11-24;1-10(2)8-4-6-9(11-3)7-5-8;1-2-8-6-4-3-5-7-8/h5-15,17,19,22,27H,16,18,20-21H2,1-4H3,(H,33,40)(H,34,41);4-7H,1-3H3;3-7H,2H2,1H3. The zero-order chi connectivity index (χ0) is 46.1. The van der Waals surface area contributed by atoms with Crippen molar-refractivity contribution in [1.82, 2.24) is 10.6 Å². The summed E-state index contributed by atoms with van der Waals surface area (Å²) in [4.78, 5) is 68.5. The van der Waals surface area contributed by atoms with E-state index in [4.69, 9.17) is 14.2 Å². The summed E-state index contributed by atoms with van der Waals surface area (Å²) < 4.78 is 15.6. The van der Waals surface area contributed by atoms with Crippen LogP contribution in [0.25, 0.3) is 0 Å². The summed E-state index contributed by atoms with van der Waals surface area (Å²) >= 11 is 0. The Morgan fingerprint density at radius 1 is 0.619 bits per heavy atom. The van der Waals surface area contributed by atoms with Gasteiger partial charge in [-0.25, -0.2) is 0 Å². The molecule has 0 heterocycles. The van der Waals surface area contributed by atoms with Crippen LogP contribution in [0.1, 0.15) is 18.1 Å². The highest BCUT2D eigenvalue weighted by molar-refractivity contribution is 6.00. The third-order valence-electron chi connectivity index (χ3n) is 9.65. The van der Waals surface area contributed by atoms with E-state index in [0.717, 1.165) is 17.7 Å². The molecule has 14 nitrogen and oxygen atoms in total. The van der Waals surface area contributed by atoms with Crippen molar-refractivity contribution in [3.05, 3.63) is 139 Å².